The molecule has 0 aliphatic carbocycles. The SMILES string of the molecule is NCCC(=O)N[C@@H](CSC(=O)c1ccccc1)C(=O)OC(=O)C(F)(F)F. The van der Waals surface area contributed by atoms with Crippen LogP contribution in [0, 0.1) is 0 Å². The van der Waals surface area contributed by atoms with Crippen LogP contribution in [0.1, 0.15) is 16.8 Å². The quantitative estimate of drug-likeness (QED) is 0.526. The Morgan fingerprint density at radius 2 is 1.77 bits per heavy atom. The summed E-state index contributed by atoms with van der Waals surface area (Å²) in [6, 6.07) is 6.26. The molecule has 142 valence electrons. The fraction of sp³-hybridized carbons (Fsp3) is 0.333. The number of carbonyl (C=O) groups is 4. The summed E-state index contributed by atoms with van der Waals surface area (Å²) in [7, 11) is 0. The number of halogens is 3. The fourth-order valence-corrected chi connectivity index (χ4v) is 2.44. The molecule has 3 N–H and O–H groups in total. The van der Waals surface area contributed by atoms with Gasteiger partial charge in [-0.05, 0) is 0 Å². The molecule has 1 amide bonds. The highest BCUT2D eigenvalue weighted by Gasteiger charge is 2.43. The number of ether oxygens (including phenoxy) is 1. The predicted octanol–water partition coefficient (Wildman–Crippen LogP) is 1.03. The van der Waals surface area contributed by atoms with Crippen molar-refractivity contribution in [1.82, 2.24) is 5.32 Å². The van der Waals surface area contributed by atoms with Gasteiger partial charge >= 0.3 is 18.1 Å². The molecule has 1 rings (SSSR count). The second-order valence-electron chi connectivity index (χ2n) is 4.83. The zero-order valence-corrected chi connectivity index (χ0v) is 14.1. The van der Waals surface area contributed by atoms with Crippen LogP contribution in [-0.4, -0.2) is 47.5 Å². The van der Waals surface area contributed by atoms with Gasteiger partial charge in [0.25, 0.3) is 0 Å². The van der Waals surface area contributed by atoms with Crippen LogP contribution in [0.15, 0.2) is 30.3 Å². The maximum Gasteiger partial charge on any atom is 0.491 e. The molecular weight excluding hydrogens is 377 g/mol. The Kier molecular flexibility index (Phi) is 8.26. The molecule has 26 heavy (non-hydrogen) atoms. The lowest BCUT2D eigenvalue weighted by molar-refractivity contribution is -0.202. The molecule has 0 radical (unpaired) electrons. The molecule has 1 atom stereocenters. The van der Waals surface area contributed by atoms with Crippen molar-refractivity contribution in [3.8, 4) is 0 Å². The topological polar surface area (TPSA) is 116 Å². The standard InChI is InChI=1S/C15H15F3N2O5S/c16-15(17,18)14(24)25-12(22)10(20-11(21)6-7-19)8-26-13(23)9-4-2-1-3-5-9/h1-5,10H,6-8,19H2,(H,20,21)/t10-/m0/s1. The second-order valence-corrected chi connectivity index (χ2v) is 5.82. The van der Waals surface area contributed by atoms with Crippen molar-refractivity contribution in [2.45, 2.75) is 18.6 Å². The third-order valence-corrected chi connectivity index (χ3v) is 3.80. The number of hydrogen-bond donors (Lipinski definition) is 2. The van der Waals surface area contributed by atoms with E-state index in [0.717, 1.165) is 0 Å². The lowest BCUT2D eigenvalue weighted by atomic mass is 10.2. The van der Waals surface area contributed by atoms with Crippen LogP contribution in [0.2, 0.25) is 0 Å². The van der Waals surface area contributed by atoms with E-state index in [2.05, 4.69) is 10.1 Å². The Balaban J connectivity index is 2.77. The Hall–Kier alpha value is -2.40. The van der Waals surface area contributed by atoms with E-state index in [9.17, 15) is 32.3 Å². The number of nitrogens with one attached hydrogen (secondary N) is 1. The molecule has 11 heteroatoms. The van der Waals surface area contributed by atoms with Gasteiger partial charge in [-0.2, -0.15) is 13.2 Å². The summed E-state index contributed by atoms with van der Waals surface area (Å²) in [5.74, 6) is -5.48. The van der Waals surface area contributed by atoms with Crippen molar-refractivity contribution >= 4 is 34.7 Å². The van der Waals surface area contributed by atoms with Gasteiger partial charge in [0, 0.05) is 24.3 Å². The fourth-order valence-electron chi connectivity index (χ4n) is 1.60. The molecule has 1 aromatic carbocycles. The van der Waals surface area contributed by atoms with Crippen molar-refractivity contribution in [2.24, 2.45) is 5.73 Å². The summed E-state index contributed by atoms with van der Waals surface area (Å²) in [5, 5.41) is 1.62. The first-order valence-electron chi connectivity index (χ1n) is 7.19. The van der Waals surface area contributed by atoms with Gasteiger partial charge in [0.15, 0.2) is 0 Å². The summed E-state index contributed by atoms with van der Waals surface area (Å²) in [5.41, 5.74) is 5.47. The van der Waals surface area contributed by atoms with Crippen LogP contribution < -0.4 is 11.1 Å². The minimum absolute atomic E-state index is 0.0643. The van der Waals surface area contributed by atoms with E-state index < -0.39 is 40.9 Å². The van der Waals surface area contributed by atoms with Crippen LogP contribution in [-0.2, 0) is 19.1 Å². The number of rotatable bonds is 7. The Morgan fingerprint density at radius 1 is 1.15 bits per heavy atom. The van der Waals surface area contributed by atoms with Gasteiger partial charge in [0.2, 0.25) is 11.0 Å². The maximum absolute atomic E-state index is 12.2. The molecular formula is C15H15F3N2O5S. The van der Waals surface area contributed by atoms with Crippen LogP contribution in [0.3, 0.4) is 0 Å². The number of benzene rings is 1. The number of carbonyl (C=O) groups excluding carboxylic acids is 4. The predicted molar refractivity (Wildman–Crippen MR) is 86.0 cm³/mol. The number of nitrogens with two attached hydrogens (primary N) is 1. The minimum Gasteiger partial charge on any atom is -0.385 e. The Bertz CT molecular complexity index is 667. The third kappa shape index (κ3) is 7.23. The monoisotopic (exact) mass is 392 g/mol. The molecule has 0 aromatic heterocycles. The van der Waals surface area contributed by atoms with Gasteiger partial charge in [-0.15, -0.1) is 0 Å². The summed E-state index contributed by atoms with van der Waals surface area (Å²) in [6.45, 7) is -0.0643. The molecule has 0 aliphatic heterocycles. The summed E-state index contributed by atoms with van der Waals surface area (Å²) in [6.07, 6.45) is -5.57. The van der Waals surface area contributed by atoms with Crippen molar-refractivity contribution in [1.29, 1.82) is 0 Å². The molecule has 0 fully saturated rings. The van der Waals surface area contributed by atoms with Crippen molar-refractivity contribution in [3.63, 3.8) is 0 Å². The summed E-state index contributed by atoms with van der Waals surface area (Å²) >= 11 is 0.582. The first-order valence-corrected chi connectivity index (χ1v) is 8.18. The zero-order chi connectivity index (χ0) is 19.7. The minimum atomic E-state index is -5.37. The molecule has 0 saturated carbocycles. The smallest absolute Gasteiger partial charge is 0.385 e. The summed E-state index contributed by atoms with van der Waals surface area (Å²) < 4.78 is 40.3. The van der Waals surface area contributed by atoms with Gasteiger partial charge < -0.3 is 15.8 Å². The lowest BCUT2D eigenvalue weighted by Gasteiger charge is -2.16. The zero-order valence-electron chi connectivity index (χ0n) is 13.2. The van der Waals surface area contributed by atoms with Gasteiger partial charge in [-0.3, -0.25) is 9.59 Å². The van der Waals surface area contributed by atoms with E-state index in [1.165, 1.54) is 12.1 Å². The van der Waals surface area contributed by atoms with Gasteiger partial charge in [0.1, 0.15) is 6.04 Å². The number of amides is 1. The molecule has 0 spiro atoms. The van der Waals surface area contributed by atoms with Crippen molar-refractivity contribution < 1.29 is 37.1 Å². The highest BCUT2D eigenvalue weighted by Crippen LogP contribution is 2.18. The number of alkyl halides is 3. The van der Waals surface area contributed by atoms with Crippen molar-refractivity contribution in [2.75, 3.05) is 12.3 Å². The normalized spacial score (nSPS) is 12.2. The van der Waals surface area contributed by atoms with Crippen molar-refractivity contribution in [3.05, 3.63) is 35.9 Å². The molecule has 0 unspecified atom stereocenters. The number of esters is 2. The van der Waals surface area contributed by atoms with E-state index in [0.29, 0.717) is 17.3 Å². The second kappa shape index (κ2) is 9.92. The largest absolute Gasteiger partial charge is 0.491 e. The first-order chi connectivity index (χ1) is 12.1. The van der Waals surface area contributed by atoms with Gasteiger partial charge in [-0.25, -0.2) is 9.59 Å². The van der Waals surface area contributed by atoms with Crippen LogP contribution in [0.25, 0.3) is 0 Å². The summed E-state index contributed by atoms with van der Waals surface area (Å²) in [4.78, 5) is 46.1. The molecule has 7 nitrogen and oxygen atoms in total. The Morgan fingerprint density at radius 3 is 2.31 bits per heavy atom. The number of hydrogen-bond acceptors (Lipinski definition) is 7. The maximum atomic E-state index is 12.2. The van der Waals surface area contributed by atoms with Gasteiger partial charge in [-0.1, -0.05) is 42.1 Å². The van der Waals surface area contributed by atoms with Crippen LogP contribution in [0.4, 0.5) is 13.2 Å². The van der Waals surface area contributed by atoms with E-state index in [4.69, 9.17) is 5.73 Å². The average molecular weight is 392 g/mol. The lowest BCUT2D eigenvalue weighted by Crippen LogP contribution is -2.46. The number of thioether (sulfide) groups is 1. The highest BCUT2D eigenvalue weighted by atomic mass is 32.2. The van der Waals surface area contributed by atoms with E-state index in [1.54, 1.807) is 18.2 Å². The molecule has 0 aliphatic rings. The highest BCUT2D eigenvalue weighted by molar-refractivity contribution is 8.14. The molecule has 0 heterocycles. The van der Waals surface area contributed by atoms with E-state index in [-0.39, 0.29) is 13.0 Å². The third-order valence-electron chi connectivity index (χ3n) is 2.81. The molecule has 0 saturated heterocycles. The molecule has 0 bridgehead atoms. The van der Waals surface area contributed by atoms with E-state index in [1.807, 2.05) is 0 Å². The molecule has 1 aromatic rings. The Labute approximate surface area is 150 Å². The average Bonchev–Trinajstić information content (AvgIpc) is 2.58. The van der Waals surface area contributed by atoms with Crippen LogP contribution in [0.5, 0.6) is 0 Å². The van der Waals surface area contributed by atoms with Gasteiger partial charge in [0.05, 0.1) is 0 Å². The first kappa shape index (κ1) is 21.6. The van der Waals surface area contributed by atoms with Crippen LogP contribution >= 0.6 is 11.8 Å². The van der Waals surface area contributed by atoms with E-state index >= 15 is 0 Å².